The van der Waals surface area contributed by atoms with Crippen molar-refractivity contribution >= 4 is 58.6 Å². The Morgan fingerprint density at radius 1 is 1.08 bits per heavy atom. The number of ether oxygens (including phenoxy) is 2. The summed E-state index contributed by atoms with van der Waals surface area (Å²) >= 11 is 19.1. The Hall–Kier alpha value is -3.17. The largest absolute Gasteiger partial charge is 0.496 e. The Morgan fingerprint density at radius 2 is 1.86 bits per heavy atom. The maximum absolute atomic E-state index is 11.9. The van der Waals surface area contributed by atoms with Gasteiger partial charge in [0, 0.05) is 20.6 Å². The molecule has 2 N–H and O–H groups in total. The fourth-order valence-electron chi connectivity index (χ4n) is 3.16. The smallest absolute Gasteiger partial charge is 0.342 e. The van der Waals surface area contributed by atoms with Gasteiger partial charge in [-0.2, -0.15) is 0 Å². The molecule has 11 heteroatoms. The van der Waals surface area contributed by atoms with E-state index in [1.807, 2.05) is 0 Å². The van der Waals surface area contributed by atoms with Crippen LogP contribution in [0.5, 0.6) is 11.5 Å². The summed E-state index contributed by atoms with van der Waals surface area (Å²) in [5, 5.41) is 18.5. The van der Waals surface area contributed by atoms with Crippen molar-refractivity contribution in [3.05, 3.63) is 91.8 Å². The summed E-state index contributed by atoms with van der Waals surface area (Å²) in [6, 6.07) is 17.3. The quantitative estimate of drug-likeness (QED) is 0.164. The zero-order chi connectivity index (χ0) is 25.7. The number of hydrogen-bond acceptors (Lipinski definition) is 6. The second-order valence-corrected chi connectivity index (χ2v) is 9.61. The molecule has 1 aromatic heterocycles. The number of carboxylic acids is 1. The van der Waals surface area contributed by atoms with Crippen LogP contribution >= 0.6 is 46.6 Å². The van der Waals surface area contributed by atoms with Gasteiger partial charge in [0.25, 0.3) is 0 Å². The number of halogens is 3. The molecule has 0 saturated heterocycles. The summed E-state index contributed by atoms with van der Waals surface area (Å²) in [6.07, 6.45) is 1.52. The number of carbonyl (C=O) groups is 1. The molecule has 4 aromatic rings. The topological polar surface area (TPSA) is 97.3 Å². The summed E-state index contributed by atoms with van der Waals surface area (Å²) in [4.78, 5) is 16.4. The second kappa shape index (κ2) is 11.7. The van der Waals surface area contributed by atoms with Crippen LogP contribution in [0.1, 0.15) is 11.1 Å². The van der Waals surface area contributed by atoms with E-state index in [1.54, 1.807) is 60.7 Å². The third kappa shape index (κ3) is 6.53. The molecule has 184 valence electrons. The molecule has 0 spiro atoms. The van der Waals surface area contributed by atoms with Crippen LogP contribution < -0.4 is 9.47 Å². The molecule has 0 aliphatic rings. The number of thioether (sulfide) groups is 1. The van der Waals surface area contributed by atoms with Crippen LogP contribution in [0.15, 0.2) is 70.7 Å². The molecule has 0 saturated carbocycles. The Labute approximate surface area is 226 Å². The number of aromatic amines is 1. The first-order valence-corrected chi connectivity index (χ1v) is 12.3. The van der Waals surface area contributed by atoms with E-state index in [-0.39, 0.29) is 16.7 Å². The summed E-state index contributed by atoms with van der Waals surface area (Å²) in [5.41, 5.74) is 2.02. The third-order valence-corrected chi connectivity index (χ3v) is 6.56. The van der Waals surface area contributed by atoms with E-state index in [9.17, 15) is 9.90 Å². The van der Waals surface area contributed by atoms with E-state index >= 15 is 0 Å². The van der Waals surface area contributed by atoms with Crippen LogP contribution in [0.25, 0.3) is 17.5 Å². The lowest BCUT2D eigenvalue weighted by Crippen LogP contribution is -1.98. The molecule has 0 radical (unpaired) electrons. The molecule has 0 bridgehead atoms. The Kier molecular flexibility index (Phi) is 8.43. The zero-order valence-corrected chi connectivity index (χ0v) is 21.8. The van der Waals surface area contributed by atoms with E-state index in [0.29, 0.717) is 43.5 Å². The molecule has 0 unspecified atom stereocenters. The molecule has 0 aliphatic heterocycles. The second-order valence-electron chi connectivity index (χ2n) is 7.32. The lowest BCUT2D eigenvalue weighted by atomic mass is 10.2. The highest BCUT2D eigenvalue weighted by Gasteiger charge is 2.16. The highest BCUT2D eigenvalue weighted by Crippen LogP contribution is 2.33. The molecule has 0 aliphatic carbocycles. The first-order valence-electron chi connectivity index (χ1n) is 10.4. The van der Waals surface area contributed by atoms with Crippen LogP contribution in [0.4, 0.5) is 0 Å². The van der Waals surface area contributed by atoms with Gasteiger partial charge in [-0.25, -0.2) is 9.78 Å². The van der Waals surface area contributed by atoms with Gasteiger partial charge in [0.15, 0.2) is 5.82 Å². The normalized spacial score (nSPS) is 11.4. The van der Waals surface area contributed by atoms with Crippen molar-refractivity contribution in [2.75, 3.05) is 7.11 Å². The van der Waals surface area contributed by atoms with E-state index in [2.05, 4.69) is 15.2 Å². The molecule has 0 atom stereocenters. The van der Waals surface area contributed by atoms with Crippen molar-refractivity contribution in [3.63, 3.8) is 0 Å². The number of carboxylic acid groups (broad SMARTS) is 1. The summed E-state index contributed by atoms with van der Waals surface area (Å²) in [7, 11) is 1.53. The van der Waals surface area contributed by atoms with Crippen molar-refractivity contribution < 1.29 is 19.4 Å². The molecule has 4 rings (SSSR count). The molecule has 7 nitrogen and oxygen atoms in total. The van der Waals surface area contributed by atoms with Crippen LogP contribution in [0.3, 0.4) is 0 Å². The van der Waals surface area contributed by atoms with Gasteiger partial charge in [-0.1, -0.05) is 53.0 Å². The number of nitrogens with zero attached hydrogens (tertiary/aromatic N) is 2. The van der Waals surface area contributed by atoms with Gasteiger partial charge in [-0.05, 0) is 65.9 Å². The third-order valence-electron chi connectivity index (χ3n) is 4.86. The number of rotatable bonds is 9. The molecule has 1 heterocycles. The highest BCUT2D eigenvalue weighted by molar-refractivity contribution is 8.04. The SMILES string of the molecule is COc1ccc(Cl)cc1-c1nc(S/C(=C\c2cccc(OCc3ccc(Cl)cc3Cl)c2)C(=O)O)n[nH]1. The number of hydrogen-bond donors (Lipinski definition) is 2. The van der Waals surface area contributed by atoms with Crippen LogP contribution in [0.2, 0.25) is 15.1 Å². The van der Waals surface area contributed by atoms with E-state index in [0.717, 1.165) is 17.3 Å². The lowest BCUT2D eigenvalue weighted by Gasteiger charge is -2.09. The number of methoxy groups -OCH3 is 1. The summed E-state index contributed by atoms with van der Waals surface area (Å²) < 4.78 is 11.2. The van der Waals surface area contributed by atoms with Gasteiger partial charge in [-0.15, -0.1) is 5.10 Å². The molecule has 3 aromatic carbocycles. The maximum atomic E-state index is 11.9. The van der Waals surface area contributed by atoms with Crippen molar-refractivity contribution in [1.82, 2.24) is 15.2 Å². The number of aromatic nitrogens is 3. The molecular formula is C25H18Cl3N3O4S. The number of benzene rings is 3. The van der Waals surface area contributed by atoms with Gasteiger partial charge in [0.05, 0.1) is 12.7 Å². The van der Waals surface area contributed by atoms with Crippen LogP contribution in [-0.4, -0.2) is 33.4 Å². The predicted molar refractivity (Wildman–Crippen MR) is 142 cm³/mol. The average Bonchev–Trinajstić information content (AvgIpc) is 3.32. The molecule has 36 heavy (non-hydrogen) atoms. The monoisotopic (exact) mass is 561 g/mol. The Morgan fingerprint density at radius 3 is 2.61 bits per heavy atom. The van der Waals surface area contributed by atoms with Gasteiger partial charge >= 0.3 is 5.97 Å². The van der Waals surface area contributed by atoms with Crippen molar-refractivity contribution in [3.8, 4) is 22.9 Å². The zero-order valence-electron chi connectivity index (χ0n) is 18.7. The Balaban J connectivity index is 1.51. The highest BCUT2D eigenvalue weighted by atomic mass is 35.5. The Bertz CT molecular complexity index is 1440. The standard InChI is InChI=1S/C25H18Cl3N3O4S/c1-34-21-8-7-16(26)11-19(21)23-29-25(31-30-23)36-22(24(32)33)10-14-3-2-4-18(9-14)35-13-15-5-6-17(27)12-20(15)28/h2-12H,13H2,1H3,(H,32,33)(H,29,30,31)/b22-10-. The van der Waals surface area contributed by atoms with Gasteiger partial charge in [-0.3, -0.25) is 5.10 Å². The first kappa shape index (κ1) is 25.9. The van der Waals surface area contributed by atoms with Crippen molar-refractivity contribution in [1.29, 1.82) is 0 Å². The molecular weight excluding hydrogens is 545 g/mol. The van der Waals surface area contributed by atoms with Crippen molar-refractivity contribution in [2.24, 2.45) is 0 Å². The maximum Gasteiger partial charge on any atom is 0.342 e. The minimum Gasteiger partial charge on any atom is -0.496 e. The lowest BCUT2D eigenvalue weighted by molar-refractivity contribution is -0.131. The fourth-order valence-corrected chi connectivity index (χ4v) is 4.50. The van der Waals surface area contributed by atoms with E-state index < -0.39 is 5.97 Å². The van der Waals surface area contributed by atoms with Crippen molar-refractivity contribution in [2.45, 2.75) is 11.8 Å². The number of aliphatic carboxylic acids is 1. The fraction of sp³-hybridized carbons (Fsp3) is 0.0800. The minimum absolute atomic E-state index is 0.0245. The van der Waals surface area contributed by atoms with Gasteiger partial charge in [0.2, 0.25) is 5.16 Å². The van der Waals surface area contributed by atoms with E-state index in [4.69, 9.17) is 44.3 Å². The van der Waals surface area contributed by atoms with E-state index in [1.165, 1.54) is 13.2 Å². The van der Waals surface area contributed by atoms with Gasteiger partial charge in [0.1, 0.15) is 23.0 Å². The van der Waals surface area contributed by atoms with Crippen LogP contribution in [0, 0.1) is 0 Å². The van der Waals surface area contributed by atoms with Crippen LogP contribution in [-0.2, 0) is 11.4 Å². The number of H-pyrrole nitrogens is 1. The molecule has 0 fully saturated rings. The minimum atomic E-state index is -1.12. The summed E-state index contributed by atoms with van der Waals surface area (Å²) in [5.74, 6) is 0.388. The average molecular weight is 563 g/mol. The number of nitrogens with one attached hydrogen (secondary N) is 1. The van der Waals surface area contributed by atoms with Gasteiger partial charge < -0.3 is 14.6 Å². The predicted octanol–water partition coefficient (Wildman–Crippen LogP) is 7.24. The molecule has 0 amide bonds. The summed E-state index contributed by atoms with van der Waals surface area (Å²) in [6.45, 7) is 0.233. The first-order chi connectivity index (χ1) is 17.3.